The van der Waals surface area contributed by atoms with Gasteiger partial charge in [0, 0.05) is 4.47 Å². The number of nitrogens with one attached hydrogen (secondary N) is 1. The Morgan fingerprint density at radius 1 is 1.22 bits per heavy atom. The number of benzene rings is 2. The molecule has 2 rings (SSSR count). The zero-order valence-corrected chi connectivity index (χ0v) is 11.4. The van der Waals surface area contributed by atoms with Crippen molar-refractivity contribution in [3.05, 3.63) is 57.3 Å². The highest BCUT2D eigenvalue weighted by molar-refractivity contribution is 9.10. The maximum absolute atomic E-state index is 13.1. The van der Waals surface area contributed by atoms with Crippen LogP contribution < -0.4 is 5.32 Å². The highest BCUT2D eigenvalue weighted by Crippen LogP contribution is 2.30. The number of halogens is 3. The summed E-state index contributed by atoms with van der Waals surface area (Å²) in [6.45, 7) is 0. The number of rotatable bonds is 2. The number of hydrogen-bond donors (Lipinski definition) is 1. The minimum atomic E-state index is -0.393. The Balaban J connectivity index is 2.44. The van der Waals surface area contributed by atoms with E-state index in [2.05, 4.69) is 27.3 Å². The van der Waals surface area contributed by atoms with E-state index >= 15 is 0 Å². The van der Waals surface area contributed by atoms with E-state index in [9.17, 15) is 4.39 Å². The fraction of sp³-hybridized carbons (Fsp3) is 0. The van der Waals surface area contributed by atoms with E-state index in [1.165, 1.54) is 18.2 Å². The predicted molar refractivity (Wildman–Crippen MR) is 73.5 cm³/mol. The van der Waals surface area contributed by atoms with Gasteiger partial charge in [-0.2, -0.15) is 5.26 Å². The average Bonchev–Trinajstić information content (AvgIpc) is 2.34. The molecule has 0 saturated heterocycles. The molecule has 2 nitrogen and oxygen atoms in total. The number of anilines is 2. The first-order valence-corrected chi connectivity index (χ1v) is 6.19. The summed E-state index contributed by atoms with van der Waals surface area (Å²) in [6, 6.07) is 11.4. The molecule has 0 aromatic heterocycles. The molecule has 0 bridgehead atoms. The summed E-state index contributed by atoms with van der Waals surface area (Å²) in [7, 11) is 0. The summed E-state index contributed by atoms with van der Waals surface area (Å²) in [5.41, 5.74) is 1.43. The van der Waals surface area contributed by atoms with Crippen LogP contribution >= 0.6 is 27.5 Å². The molecule has 2 aromatic carbocycles. The molecule has 0 aliphatic rings. The molecule has 0 heterocycles. The maximum atomic E-state index is 13.1. The lowest BCUT2D eigenvalue weighted by Crippen LogP contribution is -1.95. The van der Waals surface area contributed by atoms with Crippen molar-refractivity contribution in [3.8, 4) is 6.07 Å². The third-order valence-electron chi connectivity index (χ3n) is 2.32. The van der Waals surface area contributed by atoms with Crippen LogP contribution in [0.15, 0.2) is 40.9 Å². The van der Waals surface area contributed by atoms with Gasteiger partial charge in [-0.1, -0.05) is 17.7 Å². The van der Waals surface area contributed by atoms with Crippen molar-refractivity contribution in [1.29, 1.82) is 5.26 Å². The van der Waals surface area contributed by atoms with Gasteiger partial charge in [0.15, 0.2) is 0 Å². The lowest BCUT2D eigenvalue weighted by molar-refractivity contribution is 0.628. The van der Waals surface area contributed by atoms with E-state index in [0.717, 1.165) is 0 Å². The summed E-state index contributed by atoms with van der Waals surface area (Å²) in [6.07, 6.45) is 0. The van der Waals surface area contributed by atoms with Crippen LogP contribution in [0.4, 0.5) is 15.8 Å². The third kappa shape index (κ3) is 2.63. The standard InChI is InChI=1S/C13H7BrClFN2/c14-10-2-1-3-12(9(10)7-17)18-13-6-8(16)4-5-11(13)15/h1-6,18H. The molecular weight excluding hydrogens is 319 g/mol. The summed E-state index contributed by atoms with van der Waals surface area (Å²) in [5.74, 6) is -0.393. The zero-order chi connectivity index (χ0) is 13.1. The van der Waals surface area contributed by atoms with Crippen molar-refractivity contribution >= 4 is 38.9 Å². The van der Waals surface area contributed by atoms with Gasteiger partial charge < -0.3 is 5.32 Å². The van der Waals surface area contributed by atoms with Gasteiger partial charge in [0.25, 0.3) is 0 Å². The molecule has 0 radical (unpaired) electrons. The molecule has 0 spiro atoms. The number of hydrogen-bond acceptors (Lipinski definition) is 2. The number of nitriles is 1. The quantitative estimate of drug-likeness (QED) is 0.856. The van der Waals surface area contributed by atoms with E-state index < -0.39 is 5.82 Å². The maximum Gasteiger partial charge on any atom is 0.125 e. The van der Waals surface area contributed by atoms with Gasteiger partial charge in [0.1, 0.15) is 11.9 Å². The summed E-state index contributed by atoms with van der Waals surface area (Å²) < 4.78 is 13.8. The fourth-order valence-corrected chi connectivity index (χ4v) is 2.10. The second kappa shape index (κ2) is 5.38. The molecule has 1 N–H and O–H groups in total. The predicted octanol–water partition coefficient (Wildman–Crippen LogP) is 4.86. The molecule has 0 atom stereocenters. The topological polar surface area (TPSA) is 35.8 Å². The smallest absolute Gasteiger partial charge is 0.125 e. The van der Waals surface area contributed by atoms with Crippen LogP contribution in [0.3, 0.4) is 0 Å². The summed E-state index contributed by atoms with van der Waals surface area (Å²) in [4.78, 5) is 0. The summed E-state index contributed by atoms with van der Waals surface area (Å²) in [5, 5.41) is 12.4. The van der Waals surface area contributed by atoms with Crippen molar-refractivity contribution in [3.63, 3.8) is 0 Å². The van der Waals surface area contributed by atoms with Gasteiger partial charge in [-0.3, -0.25) is 0 Å². The second-order valence-corrected chi connectivity index (χ2v) is 4.78. The first-order valence-electron chi connectivity index (χ1n) is 5.02. The van der Waals surface area contributed by atoms with Gasteiger partial charge in [-0.15, -0.1) is 0 Å². The molecule has 0 amide bonds. The van der Waals surface area contributed by atoms with Crippen LogP contribution in [-0.4, -0.2) is 0 Å². The van der Waals surface area contributed by atoms with Crippen molar-refractivity contribution in [1.82, 2.24) is 0 Å². The van der Waals surface area contributed by atoms with Crippen molar-refractivity contribution in [2.24, 2.45) is 0 Å². The van der Waals surface area contributed by atoms with Gasteiger partial charge in [0.05, 0.1) is 22.0 Å². The highest BCUT2D eigenvalue weighted by Gasteiger charge is 2.08. The first kappa shape index (κ1) is 12.9. The van der Waals surface area contributed by atoms with Crippen molar-refractivity contribution in [2.75, 3.05) is 5.32 Å². The van der Waals surface area contributed by atoms with E-state index in [1.807, 2.05) is 0 Å². The number of nitrogens with zero attached hydrogens (tertiary/aromatic N) is 1. The van der Waals surface area contributed by atoms with Crippen molar-refractivity contribution < 1.29 is 4.39 Å². The van der Waals surface area contributed by atoms with Crippen LogP contribution in [0.25, 0.3) is 0 Å². The second-order valence-electron chi connectivity index (χ2n) is 3.52. The molecule has 0 aliphatic heterocycles. The monoisotopic (exact) mass is 324 g/mol. The van der Waals surface area contributed by atoms with Gasteiger partial charge in [-0.25, -0.2) is 4.39 Å². The fourth-order valence-electron chi connectivity index (χ4n) is 1.48. The normalized spacial score (nSPS) is 9.89. The van der Waals surface area contributed by atoms with Gasteiger partial charge in [-0.05, 0) is 46.3 Å². The van der Waals surface area contributed by atoms with Crippen LogP contribution in [-0.2, 0) is 0 Å². The SMILES string of the molecule is N#Cc1c(Br)cccc1Nc1cc(F)ccc1Cl. The molecule has 0 unspecified atom stereocenters. The van der Waals surface area contributed by atoms with Crippen LogP contribution in [0.1, 0.15) is 5.56 Å². The summed E-state index contributed by atoms with van der Waals surface area (Å²) >= 11 is 9.24. The Morgan fingerprint density at radius 3 is 2.72 bits per heavy atom. The van der Waals surface area contributed by atoms with Gasteiger partial charge >= 0.3 is 0 Å². The molecule has 5 heteroatoms. The molecule has 0 aliphatic carbocycles. The average molecular weight is 326 g/mol. The molecule has 90 valence electrons. The minimum Gasteiger partial charge on any atom is -0.353 e. The van der Waals surface area contributed by atoms with Gasteiger partial charge in [0.2, 0.25) is 0 Å². The Hall–Kier alpha value is -1.57. The Kier molecular flexibility index (Phi) is 3.85. The molecule has 0 saturated carbocycles. The van der Waals surface area contributed by atoms with E-state index in [0.29, 0.717) is 26.4 Å². The lowest BCUT2D eigenvalue weighted by atomic mass is 10.2. The van der Waals surface area contributed by atoms with Crippen LogP contribution in [0.2, 0.25) is 5.02 Å². The van der Waals surface area contributed by atoms with Crippen LogP contribution in [0.5, 0.6) is 0 Å². The molecule has 18 heavy (non-hydrogen) atoms. The molecular formula is C13H7BrClFN2. The molecule has 0 fully saturated rings. The highest BCUT2D eigenvalue weighted by atomic mass is 79.9. The lowest BCUT2D eigenvalue weighted by Gasteiger charge is -2.10. The largest absolute Gasteiger partial charge is 0.353 e. The van der Waals surface area contributed by atoms with Crippen molar-refractivity contribution in [2.45, 2.75) is 0 Å². The Morgan fingerprint density at radius 2 is 2.00 bits per heavy atom. The van der Waals surface area contributed by atoms with E-state index in [4.69, 9.17) is 16.9 Å². The van der Waals surface area contributed by atoms with Crippen LogP contribution in [0, 0.1) is 17.1 Å². The zero-order valence-electron chi connectivity index (χ0n) is 9.05. The third-order valence-corrected chi connectivity index (χ3v) is 3.31. The Labute approximate surface area is 117 Å². The molecule has 2 aromatic rings. The van der Waals surface area contributed by atoms with E-state index in [-0.39, 0.29) is 0 Å². The Bertz CT molecular complexity index is 637. The minimum absolute atomic E-state index is 0.389. The van der Waals surface area contributed by atoms with E-state index in [1.54, 1.807) is 18.2 Å². The first-order chi connectivity index (χ1) is 8.61.